The predicted molar refractivity (Wildman–Crippen MR) is 72.5 cm³/mol. The van der Waals surface area contributed by atoms with Gasteiger partial charge in [-0.15, -0.1) is 0 Å². The first-order chi connectivity index (χ1) is 8.61. The van der Waals surface area contributed by atoms with Gasteiger partial charge in [0.05, 0.1) is 5.92 Å². The highest BCUT2D eigenvalue weighted by molar-refractivity contribution is 5.71. The zero-order chi connectivity index (χ0) is 13.1. The van der Waals surface area contributed by atoms with Crippen LogP contribution in [0.5, 0.6) is 0 Å². The second-order valence-electron chi connectivity index (χ2n) is 6.34. The van der Waals surface area contributed by atoms with Crippen LogP contribution in [0.4, 0.5) is 0 Å². The Balaban J connectivity index is 2.04. The van der Waals surface area contributed by atoms with Crippen molar-refractivity contribution in [1.82, 2.24) is 4.90 Å². The molecule has 2 fully saturated rings. The third kappa shape index (κ3) is 3.05. The van der Waals surface area contributed by atoms with Crippen LogP contribution in [-0.4, -0.2) is 35.1 Å². The van der Waals surface area contributed by atoms with Gasteiger partial charge in [0.25, 0.3) is 0 Å². The van der Waals surface area contributed by atoms with Crippen molar-refractivity contribution in [3.05, 3.63) is 0 Å². The van der Waals surface area contributed by atoms with E-state index in [1.165, 1.54) is 19.3 Å². The number of piperidine rings is 1. The molecule has 0 radical (unpaired) electrons. The van der Waals surface area contributed by atoms with Crippen LogP contribution in [0.15, 0.2) is 0 Å². The standard InChI is InChI=1S/C15H27NO2/c1-3-12-5-4-8-16(10-12)14-9-11(2)6-7-13(14)15(17)18/h11-14H,3-10H2,1-2H3,(H,17,18). The van der Waals surface area contributed by atoms with E-state index in [9.17, 15) is 9.90 Å². The zero-order valence-electron chi connectivity index (χ0n) is 11.8. The molecule has 18 heavy (non-hydrogen) atoms. The number of carbonyl (C=O) groups is 1. The molecular formula is C15H27NO2. The summed E-state index contributed by atoms with van der Waals surface area (Å²) in [6, 6.07) is 0.292. The van der Waals surface area contributed by atoms with Gasteiger partial charge in [-0.1, -0.05) is 20.3 Å². The second-order valence-corrected chi connectivity index (χ2v) is 6.34. The van der Waals surface area contributed by atoms with E-state index in [4.69, 9.17) is 0 Å². The predicted octanol–water partition coefficient (Wildman–Crippen LogP) is 3.00. The van der Waals surface area contributed by atoms with E-state index in [1.54, 1.807) is 0 Å². The molecule has 1 aliphatic heterocycles. The van der Waals surface area contributed by atoms with E-state index in [0.717, 1.165) is 38.3 Å². The van der Waals surface area contributed by atoms with Crippen molar-refractivity contribution in [3.8, 4) is 0 Å². The number of aliphatic carboxylic acids is 1. The van der Waals surface area contributed by atoms with Crippen LogP contribution in [0.1, 0.15) is 52.4 Å². The minimum atomic E-state index is -0.578. The Labute approximate surface area is 111 Å². The molecule has 3 heteroatoms. The Bertz CT molecular complexity index is 292. The fourth-order valence-corrected chi connectivity index (χ4v) is 3.77. The number of hydrogen-bond acceptors (Lipinski definition) is 2. The summed E-state index contributed by atoms with van der Waals surface area (Å²) in [4.78, 5) is 13.9. The molecule has 0 aromatic rings. The van der Waals surface area contributed by atoms with Gasteiger partial charge in [-0.2, -0.15) is 0 Å². The first kappa shape index (κ1) is 13.9. The maximum Gasteiger partial charge on any atom is 0.308 e. The first-order valence-electron chi connectivity index (χ1n) is 7.58. The molecule has 104 valence electrons. The lowest BCUT2D eigenvalue weighted by molar-refractivity contribution is -0.146. The smallest absolute Gasteiger partial charge is 0.308 e. The summed E-state index contributed by atoms with van der Waals surface area (Å²) in [6.45, 7) is 6.76. The van der Waals surface area contributed by atoms with E-state index in [-0.39, 0.29) is 5.92 Å². The van der Waals surface area contributed by atoms with Crippen LogP contribution < -0.4 is 0 Å². The van der Waals surface area contributed by atoms with E-state index in [0.29, 0.717) is 12.0 Å². The second kappa shape index (κ2) is 6.05. The highest BCUT2D eigenvalue weighted by Crippen LogP contribution is 2.34. The first-order valence-corrected chi connectivity index (χ1v) is 7.58. The molecule has 0 amide bonds. The zero-order valence-corrected chi connectivity index (χ0v) is 11.8. The van der Waals surface area contributed by atoms with Crippen molar-refractivity contribution in [2.75, 3.05) is 13.1 Å². The summed E-state index contributed by atoms with van der Waals surface area (Å²) in [6.07, 6.45) is 6.83. The molecule has 0 aromatic carbocycles. The van der Waals surface area contributed by atoms with Crippen molar-refractivity contribution < 1.29 is 9.90 Å². The molecule has 0 bridgehead atoms. The average molecular weight is 253 g/mol. The molecule has 2 aliphatic rings. The summed E-state index contributed by atoms with van der Waals surface area (Å²) < 4.78 is 0. The molecule has 1 aliphatic carbocycles. The number of hydrogen-bond donors (Lipinski definition) is 1. The van der Waals surface area contributed by atoms with Crippen LogP contribution >= 0.6 is 0 Å². The van der Waals surface area contributed by atoms with Crippen molar-refractivity contribution >= 4 is 5.97 Å². The molecule has 3 nitrogen and oxygen atoms in total. The molecule has 2 rings (SSSR count). The number of rotatable bonds is 3. The fourth-order valence-electron chi connectivity index (χ4n) is 3.77. The number of nitrogens with zero attached hydrogens (tertiary/aromatic N) is 1. The van der Waals surface area contributed by atoms with Gasteiger partial charge in [0.2, 0.25) is 0 Å². The Hall–Kier alpha value is -0.570. The maximum atomic E-state index is 11.4. The molecule has 0 spiro atoms. The Morgan fingerprint density at radius 3 is 2.78 bits per heavy atom. The Kier molecular flexibility index (Phi) is 4.66. The molecule has 0 aromatic heterocycles. The normalized spacial score (nSPS) is 38.6. The van der Waals surface area contributed by atoms with E-state index >= 15 is 0 Å². The largest absolute Gasteiger partial charge is 0.481 e. The van der Waals surface area contributed by atoms with Crippen molar-refractivity contribution in [3.63, 3.8) is 0 Å². The molecule has 1 N–H and O–H groups in total. The molecule has 4 unspecified atom stereocenters. The number of carboxylic acid groups (broad SMARTS) is 1. The number of carboxylic acids is 1. The van der Waals surface area contributed by atoms with Gasteiger partial charge in [-0.3, -0.25) is 9.69 Å². The maximum absolute atomic E-state index is 11.4. The lowest BCUT2D eigenvalue weighted by Crippen LogP contribution is -2.50. The van der Waals surface area contributed by atoms with Crippen LogP contribution in [0.25, 0.3) is 0 Å². The van der Waals surface area contributed by atoms with Crippen molar-refractivity contribution in [1.29, 1.82) is 0 Å². The van der Waals surface area contributed by atoms with Gasteiger partial charge in [-0.05, 0) is 50.5 Å². The van der Waals surface area contributed by atoms with Gasteiger partial charge < -0.3 is 5.11 Å². The summed E-state index contributed by atoms with van der Waals surface area (Å²) in [5, 5.41) is 9.42. The SMILES string of the molecule is CCC1CCCN(C2CC(C)CCC2C(=O)O)C1. The molecule has 1 saturated carbocycles. The average Bonchev–Trinajstić information content (AvgIpc) is 2.38. The quantitative estimate of drug-likeness (QED) is 0.840. The van der Waals surface area contributed by atoms with Crippen LogP contribution in [0.2, 0.25) is 0 Å². The topological polar surface area (TPSA) is 40.5 Å². The van der Waals surface area contributed by atoms with Gasteiger partial charge >= 0.3 is 5.97 Å². The number of likely N-dealkylation sites (tertiary alicyclic amines) is 1. The Morgan fingerprint density at radius 2 is 2.11 bits per heavy atom. The minimum Gasteiger partial charge on any atom is -0.481 e. The van der Waals surface area contributed by atoms with Crippen LogP contribution in [0, 0.1) is 17.8 Å². The highest BCUT2D eigenvalue weighted by Gasteiger charge is 2.38. The van der Waals surface area contributed by atoms with E-state index in [2.05, 4.69) is 18.7 Å². The van der Waals surface area contributed by atoms with Gasteiger partial charge in [0.15, 0.2) is 0 Å². The van der Waals surface area contributed by atoms with E-state index < -0.39 is 5.97 Å². The van der Waals surface area contributed by atoms with E-state index in [1.807, 2.05) is 0 Å². The van der Waals surface area contributed by atoms with Crippen molar-refractivity contribution in [2.45, 2.75) is 58.4 Å². The van der Waals surface area contributed by atoms with Gasteiger partial charge in [0, 0.05) is 12.6 Å². The summed E-state index contributed by atoms with van der Waals surface area (Å²) in [5.74, 6) is 0.764. The summed E-state index contributed by atoms with van der Waals surface area (Å²) in [5.41, 5.74) is 0. The highest BCUT2D eigenvalue weighted by atomic mass is 16.4. The van der Waals surface area contributed by atoms with Crippen molar-refractivity contribution in [2.24, 2.45) is 17.8 Å². The van der Waals surface area contributed by atoms with Crippen LogP contribution in [-0.2, 0) is 4.79 Å². The lowest BCUT2D eigenvalue weighted by atomic mass is 9.77. The van der Waals surface area contributed by atoms with Gasteiger partial charge in [0.1, 0.15) is 0 Å². The molecule has 4 atom stereocenters. The third-order valence-corrected chi connectivity index (χ3v) is 4.99. The molecule has 1 heterocycles. The third-order valence-electron chi connectivity index (χ3n) is 4.99. The van der Waals surface area contributed by atoms with Crippen LogP contribution in [0.3, 0.4) is 0 Å². The molecular weight excluding hydrogens is 226 g/mol. The Morgan fingerprint density at radius 1 is 1.33 bits per heavy atom. The summed E-state index contributed by atoms with van der Waals surface area (Å²) in [7, 11) is 0. The lowest BCUT2D eigenvalue weighted by Gasteiger charge is -2.44. The molecule has 1 saturated heterocycles. The fraction of sp³-hybridized carbons (Fsp3) is 0.933. The minimum absolute atomic E-state index is 0.128. The van der Waals surface area contributed by atoms with Gasteiger partial charge in [-0.25, -0.2) is 0 Å². The monoisotopic (exact) mass is 253 g/mol. The summed E-state index contributed by atoms with van der Waals surface area (Å²) >= 11 is 0.